The van der Waals surface area contributed by atoms with Crippen LogP contribution in [-0.2, 0) is 30.6 Å². The number of thioether (sulfide) groups is 1. The van der Waals surface area contributed by atoms with Gasteiger partial charge in [0.25, 0.3) is 11.1 Å². The molecule has 174 valence electrons. The van der Waals surface area contributed by atoms with Gasteiger partial charge in [-0.25, -0.2) is 0 Å². The third kappa shape index (κ3) is 4.61. The molecule has 7 nitrogen and oxygen atoms in total. The smallest absolute Gasteiger partial charge is 0.277 e. The average Bonchev–Trinajstić information content (AvgIpc) is 3.47. The summed E-state index contributed by atoms with van der Waals surface area (Å²) < 4.78 is 16.7. The molecule has 1 aromatic carbocycles. The second kappa shape index (κ2) is 9.38. The fourth-order valence-corrected chi connectivity index (χ4v) is 6.29. The molecule has 33 heavy (non-hydrogen) atoms. The zero-order valence-corrected chi connectivity index (χ0v) is 20.7. The third-order valence-electron chi connectivity index (χ3n) is 6.34. The second-order valence-corrected chi connectivity index (χ2v) is 10.7. The van der Waals surface area contributed by atoms with Gasteiger partial charge in [0, 0.05) is 18.0 Å². The summed E-state index contributed by atoms with van der Waals surface area (Å²) in [6, 6.07) is 6.16. The average molecular weight is 486 g/mol. The fourth-order valence-electron chi connectivity index (χ4n) is 4.49. The first-order valence-corrected chi connectivity index (χ1v) is 12.9. The lowest BCUT2D eigenvalue weighted by Crippen LogP contribution is -2.37. The van der Waals surface area contributed by atoms with Crippen LogP contribution in [0.25, 0.3) is 10.8 Å². The van der Waals surface area contributed by atoms with E-state index in [4.69, 9.17) is 13.9 Å². The van der Waals surface area contributed by atoms with E-state index in [2.05, 4.69) is 23.2 Å². The number of aryl methyl sites for hydroxylation is 1. The summed E-state index contributed by atoms with van der Waals surface area (Å²) in [4.78, 5) is 17.2. The van der Waals surface area contributed by atoms with Crippen LogP contribution in [0.4, 0.5) is 0 Å². The molecule has 0 fully saturated rings. The first-order valence-electron chi connectivity index (χ1n) is 11.1. The Labute approximate surface area is 201 Å². The Morgan fingerprint density at radius 2 is 1.94 bits per heavy atom. The van der Waals surface area contributed by atoms with Crippen LogP contribution in [0.1, 0.15) is 34.9 Å². The lowest BCUT2D eigenvalue weighted by atomic mass is 9.90. The Kier molecular flexibility index (Phi) is 6.34. The number of nitrogens with zero attached hydrogens (tertiary/aromatic N) is 3. The van der Waals surface area contributed by atoms with Gasteiger partial charge in [-0.05, 0) is 66.5 Å². The van der Waals surface area contributed by atoms with E-state index in [1.807, 2.05) is 17.0 Å². The molecule has 0 bridgehead atoms. The highest BCUT2D eigenvalue weighted by Gasteiger charge is 2.24. The van der Waals surface area contributed by atoms with Crippen LogP contribution in [-0.4, -0.2) is 47.5 Å². The SMILES string of the molecule is COc1cc2c(cc1OC)CN(C(=O)CSc1nnc(-c3cc4c(s3)CC[C@H](C)C4)o1)CC2. The van der Waals surface area contributed by atoms with E-state index in [1.54, 1.807) is 25.6 Å². The van der Waals surface area contributed by atoms with Crippen LogP contribution in [0.15, 0.2) is 27.8 Å². The van der Waals surface area contributed by atoms with E-state index in [9.17, 15) is 4.79 Å². The molecule has 0 unspecified atom stereocenters. The van der Waals surface area contributed by atoms with Gasteiger partial charge < -0.3 is 18.8 Å². The van der Waals surface area contributed by atoms with E-state index < -0.39 is 0 Å². The van der Waals surface area contributed by atoms with Gasteiger partial charge in [0.15, 0.2) is 11.5 Å². The summed E-state index contributed by atoms with van der Waals surface area (Å²) in [5.74, 6) is 3.00. The maximum Gasteiger partial charge on any atom is 0.277 e. The van der Waals surface area contributed by atoms with Gasteiger partial charge >= 0.3 is 0 Å². The monoisotopic (exact) mass is 485 g/mol. The molecule has 0 saturated carbocycles. The van der Waals surface area contributed by atoms with Crippen LogP contribution in [0.5, 0.6) is 11.5 Å². The molecule has 0 N–H and O–H groups in total. The second-order valence-electron chi connectivity index (χ2n) is 8.61. The van der Waals surface area contributed by atoms with Crippen LogP contribution < -0.4 is 9.47 Å². The number of hydrogen-bond donors (Lipinski definition) is 0. The van der Waals surface area contributed by atoms with Gasteiger partial charge in [-0.3, -0.25) is 4.79 Å². The number of carbonyl (C=O) groups is 1. The van der Waals surface area contributed by atoms with Crippen molar-refractivity contribution < 1.29 is 18.7 Å². The fraction of sp³-hybridized carbons (Fsp3) is 0.458. The minimum atomic E-state index is 0.0563. The zero-order chi connectivity index (χ0) is 22.9. The van der Waals surface area contributed by atoms with Crippen LogP contribution in [0, 0.1) is 5.92 Å². The summed E-state index contributed by atoms with van der Waals surface area (Å²) in [6.07, 6.45) is 4.27. The highest BCUT2D eigenvalue weighted by atomic mass is 32.2. The molecular weight excluding hydrogens is 458 g/mol. The zero-order valence-electron chi connectivity index (χ0n) is 19.1. The standard InChI is InChI=1S/C24H27N3O4S2/c1-14-4-5-20-16(8-14)11-21(33-20)23-25-26-24(31-23)32-13-22(28)27-7-6-15-9-18(29-2)19(30-3)10-17(15)12-27/h9-11,14H,4-8,12-13H2,1-3H3/t14-/m0/s1. The normalized spacial score (nSPS) is 17.4. The number of ether oxygens (including phenoxy) is 2. The van der Waals surface area contributed by atoms with Crippen molar-refractivity contribution >= 4 is 29.0 Å². The molecule has 0 spiro atoms. The van der Waals surface area contributed by atoms with Gasteiger partial charge in [0.1, 0.15) is 0 Å². The quantitative estimate of drug-likeness (QED) is 0.472. The lowest BCUT2D eigenvalue weighted by Gasteiger charge is -2.29. The van der Waals surface area contributed by atoms with E-state index in [0.29, 0.717) is 30.0 Å². The number of fused-ring (bicyclic) bond motifs is 2. The van der Waals surface area contributed by atoms with Crippen molar-refractivity contribution in [1.29, 1.82) is 0 Å². The van der Waals surface area contributed by atoms with Crippen molar-refractivity contribution in [2.45, 2.75) is 44.4 Å². The Morgan fingerprint density at radius 3 is 2.73 bits per heavy atom. The first-order chi connectivity index (χ1) is 16.0. The number of amides is 1. The number of rotatable bonds is 6. The molecule has 1 amide bonds. The van der Waals surface area contributed by atoms with Crippen molar-refractivity contribution in [2.75, 3.05) is 26.5 Å². The van der Waals surface area contributed by atoms with E-state index in [-0.39, 0.29) is 11.7 Å². The molecular formula is C24H27N3O4S2. The Bertz CT molecular complexity index is 1170. The molecule has 9 heteroatoms. The Morgan fingerprint density at radius 1 is 1.15 bits per heavy atom. The Hall–Kier alpha value is -2.52. The number of carbonyl (C=O) groups excluding carboxylic acids is 1. The summed E-state index contributed by atoms with van der Waals surface area (Å²) in [5, 5.41) is 8.82. The molecule has 3 aromatic rings. The highest BCUT2D eigenvalue weighted by Crippen LogP contribution is 2.37. The van der Waals surface area contributed by atoms with Crippen LogP contribution >= 0.6 is 23.1 Å². The maximum atomic E-state index is 12.9. The predicted molar refractivity (Wildman–Crippen MR) is 128 cm³/mol. The van der Waals surface area contributed by atoms with Crippen molar-refractivity contribution in [3.8, 4) is 22.3 Å². The molecule has 1 atom stereocenters. The van der Waals surface area contributed by atoms with Gasteiger partial charge in [-0.2, -0.15) is 0 Å². The predicted octanol–water partition coefficient (Wildman–Crippen LogP) is 4.62. The molecule has 3 heterocycles. The minimum absolute atomic E-state index is 0.0563. The summed E-state index contributed by atoms with van der Waals surface area (Å²) in [6.45, 7) is 3.53. The van der Waals surface area contributed by atoms with E-state index >= 15 is 0 Å². The maximum absolute atomic E-state index is 12.9. The van der Waals surface area contributed by atoms with Gasteiger partial charge in [0.05, 0.1) is 24.8 Å². The number of thiophene rings is 1. The molecule has 0 radical (unpaired) electrons. The minimum Gasteiger partial charge on any atom is -0.493 e. The number of benzene rings is 1. The third-order valence-corrected chi connectivity index (χ3v) is 8.36. The molecule has 2 aliphatic rings. The molecule has 1 aliphatic heterocycles. The lowest BCUT2D eigenvalue weighted by molar-refractivity contribution is -0.129. The largest absolute Gasteiger partial charge is 0.493 e. The van der Waals surface area contributed by atoms with E-state index in [1.165, 1.54) is 34.2 Å². The van der Waals surface area contributed by atoms with Crippen LogP contribution in [0.3, 0.4) is 0 Å². The van der Waals surface area contributed by atoms with Crippen molar-refractivity contribution in [1.82, 2.24) is 15.1 Å². The van der Waals surface area contributed by atoms with Gasteiger partial charge in [-0.15, -0.1) is 21.5 Å². The molecule has 2 aromatic heterocycles. The number of aromatic nitrogens is 2. The highest BCUT2D eigenvalue weighted by molar-refractivity contribution is 7.99. The van der Waals surface area contributed by atoms with Crippen molar-refractivity contribution in [3.63, 3.8) is 0 Å². The topological polar surface area (TPSA) is 77.7 Å². The summed E-state index contributed by atoms with van der Waals surface area (Å²) in [5.41, 5.74) is 3.70. The summed E-state index contributed by atoms with van der Waals surface area (Å²) in [7, 11) is 3.26. The van der Waals surface area contributed by atoms with Crippen molar-refractivity contribution in [3.05, 3.63) is 39.8 Å². The van der Waals surface area contributed by atoms with Gasteiger partial charge in [0.2, 0.25) is 5.91 Å². The molecule has 5 rings (SSSR count). The first kappa shape index (κ1) is 22.3. The van der Waals surface area contributed by atoms with Crippen LogP contribution in [0.2, 0.25) is 0 Å². The molecule has 0 saturated heterocycles. The number of methoxy groups -OCH3 is 2. The number of hydrogen-bond acceptors (Lipinski definition) is 8. The van der Waals surface area contributed by atoms with Gasteiger partial charge in [-0.1, -0.05) is 18.7 Å². The molecule has 1 aliphatic carbocycles. The van der Waals surface area contributed by atoms with Crippen molar-refractivity contribution in [2.24, 2.45) is 5.92 Å². The Balaban J connectivity index is 1.21. The summed E-state index contributed by atoms with van der Waals surface area (Å²) >= 11 is 3.05. The van der Waals surface area contributed by atoms with E-state index in [0.717, 1.165) is 41.4 Å².